The second kappa shape index (κ2) is 7.21. The van der Waals surface area contributed by atoms with Crippen LogP contribution in [0.2, 0.25) is 0 Å². The van der Waals surface area contributed by atoms with Gasteiger partial charge in [0.2, 0.25) is 12.7 Å². The zero-order valence-electron chi connectivity index (χ0n) is 14.0. The fraction of sp³-hybridized carbons (Fsp3) is 0.611. The Morgan fingerprint density at radius 3 is 2.78 bits per heavy atom. The molecule has 1 aromatic carbocycles. The Bertz CT molecular complexity index is 553. The first kappa shape index (κ1) is 16.1. The van der Waals surface area contributed by atoms with Crippen molar-refractivity contribution in [2.45, 2.75) is 45.7 Å². The summed E-state index contributed by atoms with van der Waals surface area (Å²) in [6.07, 6.45) is 2.86. The van der Waals surface area contributed by atoms with Gasteiger partial charge in [0.05, 0.1) is 0 Å². The summed E-state index contributed by atoms with van der Waals surface area (Å²) in [7, 11) is 0. The molecular formula is C18H26N2O3. The quantitative estimate of drug-likeness (QED) is 0.906. The van der Waals surface area contributed by atoms with Gasteiger partial charge in [-0.05, 0) is 57.0 Å². The molecule has 5 nitrogen and oxygen atoms in total. The van der Waals surface area contributed by atoms with E-state index in [1.165, 1.54) is 5.56 Å². The predicted octanol–water partition coefficient (Wildman–Crippen LogP) is 2.54. The Morgan fingerprint density at radius 1 is 1.30 bits per heavy atom. The molecule has 1 fully saturated rings. The molecule has 0 radical (unpaired) electrons. The zero-order chi connectivity index (χ0) is 16.2. The Labute approximate surface area is 137 Å². The summed E-state index contributed by atoms with van der Waals surface area (Å²) in [5, 5.41) is 3.10. The highest BCUT2D eigenvalue weighted by Crippen LogP contribution is 2.33. The normalized spacial score (nSPS) is 19.6. The molecule has 3 rings (SSSR count). The van der Waals surface area contributed by atoms with Crippen LogP contribution in [0.1, 0.15) is 38.7 Å². The van der Waals surface area contributed by atoms with Gasteiger partial charge in [-0.2, -0.15) is 0 Å². The molecule has 1 aromatic rings. The largest absolute Gasteiger partial charge is 0.454 e. The van der Waals surface area contributed by atoms with Gasteiger partial charge in [-0.25, -0.2) is 0 Å². The number of fused-ring (bicyclic) bond motifs is 1. The smallest absolute Gasteiger partial charge is 0.231 e. The van der Waals surface area contributed by atoms with Gasteiger partial charge in [0, 0.05) is 18.5 Å². The first-order chi connectivity index (χ1) is 11.2. The number of hydrogen-bond acceptors (Lipinski definition) is 4. The fourth-order valence-electron chi connectivity index (χ4n) is 3.11. The van der Waals surface area contributed by atoms with Crippen LogP contribution in [0.4, 0.5) is 0 Å². The average Bonchev–Trinajstić information content (AvgIpc) is 3.03. The van der Waals surface area contributed by atoms with E-state index >= 15 is 0 Å². The van der Waals surface area contributed by atoms with E-state index in [1.807, 2.05) is 6.07 Å². The van der Waals surface area contributed by atoms with Crippen molar-refractivity contribution < 1.29 is 14.3 Å². The molecule has 0 saturated carbocycles. The second-order valence-electron chi connectivity index (χ2n) is 6.56. The highest BCUT2D eigenvalue weighted by atomic mass is 16.7. The number of rotatable bonds is 5. The highest BCUT2D eigenvalue weighted by molar-refractivity contribution is 5.79. The molecule has 5 heteroatoms. The lowest BCUT2D eigenvalue weighted by Gasteiger charge is -2.31. The van der Waals surface area contributed by atoms with Crippen molar-refractivity contribution in [1.82, 2.24) is 10.2 Å². The van der Waals surface area contributed by atoms with Gasteiger partial charge < -0.3 is 14.8 Å². The molecule has 0 aromatic heterocycles. The molecule has 0 spiro atoms. The Hall–Kier alpha value is -1.75. The summed E-state index contributed by atoms with van der Waals surface area (Å²) >= 11 is 0. The minimum Gasteiger partial charge on any atom is -0.454 e. The summed E-state index contributed by atoms with van der Waals surface area (Å²) in [6.45, 7) is 7.30. The van der Waals surface area contributed by atoms with Crippen LogP contribution in [0, 0.1) is 5.92 Å². The van der Waals surface area contributed by atoms with Crippen LogP contribution in [0.25, 0.3) is 0 Å². The van der Waals surface area contributed by atoms with Crippen molar-refractivity contribution in [2.24, 2.45) is 5.92 Å². The second-order valence-corrected chi connectivity index (χ2v) is 6.56. The number of piperidine rings is 1. The van der Waals surface area contributed by atoms with E-state index in [-0.39, 0.29) is 17.9 Å². The monoisotopic (exact) mass is 318 g/mol. The maximum atomic E-state index is 12.2. The van der Waals surface area contributed by atoms with Gasteiger partial charge in [-0.3, -0.25) is 9.69 Å². The number of carbonyl (C=O) groups is 1. The van der Waals surface area contributed by atoms with Crippen LogP contribution in [0.3, 0.4) is 0 Å². The van der Waals surface area contributed by atoms with E-state index < -0.39 is 0 Å². The number of hydrogen-bond donors (Lipinski definition) is 1. The summed E-state index contributed by atoms with van der Waals surface area (Å²) in [5.41, 5.74) is 1.23. The van der Waals surface area contributed by atoms with Crippen molar-refractivity contribution in [3.63, 3.8) is 0 Å². The number of amides is 1. The van der Waals surface area contributed by atoms with Crippen molar-refractivity contribution in [2.75, 3.05) is 19.9 Å². The van der Waals surface area contributed by atoms with Gasteiger partial charge in [0.15, 0.2) is 11.5 Å². The molecule has 1 N–H and O–H groups in total. The van der Waals surface area contributed by atoms with Crippen molar-refractivity contribution in [3.8, 4) is 11.5 Å². The minimum atomic E-state index is 0.164. The lowest BCUT2D eigenvalue weighted by atomic mass is 9.95. The summed E-state index contributed by atoms with van der Waals surface area (Å²) in [6, 6.07) is 6.40. The van der Waals surface area contributed by atoms with E-state index in [4.69, 9.17) is 9.47 Å². The van der Waals surface area contributed by atoms with E-state index in [2.05, 4.69) is 36.2 Å². The lowest BCUT2D eigenvalue weighted by Crippen LogP contribution is -2.42. The SMILES string of the molecule is CC[C@@H](C)NC(=O)C1CCN(Cc2ccc3c(c2)OCO3)CC1. The molecule has 0 aliphatic carbocycles. The number of nitrogens with zero attached hydrogens (tertiary/aromatic N) is 1. The van der Waals surface area contributed by atoms with Gasteiger partial charge in [0.25, 0.3) is 0 Å². The third kappa shape index (κ3) is 3.96. The number of ether oxygens (including phenoxy) is 2. The molecule has 1 amide bonds. The molecule has 2 heterocycles. The highest BCUT2D eigenvalue weighted by Gasteiger charge is 2.25. The maximum absolute atomic E-state index is 12.2. The van der Waals surface area contributed by atoms with Crippen molar-refractivity contribution >= 4 is 5.91 Å². The number of carbonyl (C=O) groups excluding carboxylic acids is 1. The maximum Gasteiger partial charge on any atom is 0.231 e. The van der Waals surface area contributed by atoms with Gasteiger partial charge in [-0.15, -0.1) is 0 Å². The van der Waals surface area contributed by atoms with Gasteiger partial charge in [-0.1, -0.05) is 13.0 Å². The molecule has 1 saturated heterocycles. The van der Waals surface area contributed by atoms with E-state index in [0.717, 1.165) is 50.4 Å². The molecule has 2 aliphatic heterocycles. The van der Waals surface area contributed by atoms with Crippen LogP contribution in [-0.2, 0) is 11.3 Å². The summed E-state index contributed by atoms with van der Waals surface area (Å²) in [5.74, 6) is 2.05. The third-order valence-electron chi connectivity index (χ3n) is 4.80. The van der Waals surface area contributed by atoms with Crippen molar-refractivity contribution in [1.29, 1.82) is 0 Å². The molecule has 0 unspecified atom stereocenters. The van der Waals surface area contributed by atoms with Crippen LogP contribution < -0.4 is 14.8 Å². The average molecular weight is 318 g/mol. The number of nitrogens with one attached hydrogen (secondary N) is 1. The number of benzene rings is 1. The first-order valence-corrected chi connectivity index (χ1v) is 8.57. The van der Waals surface area contributed by atoms with Crippen LogP contribution >= 0.6 is 0 Å². The standard InChI is InChI=1S/C18H26N2O3/c1-3-13(2)19-18(21)15-6-8-20(9-7-15)11-14-4-5-16-17(10-14)23-12-22-16/h4-5,10,13,15H,3,6-9,11-12H2,1-2H3,(H,19,21)/t13-/m1/s1. The molecule has 126 valence electrons. The van der Waals surface area contributed by atoms with E-state index in [9.17, 15) is 4.79 Å². The molecule has 1 atom stereocenters. The van der Waals surface area contributed by atoms with Crippen LogP contribution in [0.15, 0.2) is 18.2 Å². The zero-order valence-corrected chi connectivity index (χ0v) is 14.0. The van der Waals surface area contributed by atoms with E-state index in [1.54, 1.807) is 0 Å². The first-order valence-electron chi connectivity index (χ1n) is 8.57. The Kier molecular flexibility index (Phi) is 5.06. The minimum absolute atomic E-state index is 0.164. The molecule has 0 bridgehead atoms. The Balaban J connectivity index is 1.48. The van der Waals surface area contributed by atoms with Crippen LogP contribution in [0.5, 0.6) is 11.5 Å². The lowest BCUT2D eigenvalue weighted by molar-refractivity contribution is -0.127. The van der Waals surface area contributed by atoms with Crippen LogP contribution in [-0.4, -0.2) is 36.7 Å². The summed E-state index contributed by atoms with van der Waals surface area (Å²) < 4.78 is 10.8. The number of likely N-dealkylation sites (tertiary alicyclic amines) is 1. The predicted molar refractivity (Wildman–Crippen MR) is 88.5 cm³/mol. The van der Waals surface area contributed by atoms with Gasteiger partial charge in [0.1, 0.15) is 0 Å². The molecular weight excluding hydrogens is 292 g/mol. The fourth-order valence-corrected chi connectivity index (χ4v) is 3.11. The third-order valence-corrected chi connectivity index (χ3v) is 4.80. The molecule has 2 aliphatic rings. The van der Waals surface area contributed by atoms with Gasteiger partial charge >= 0.3 is 0 Å². The summed E-state index contributed by atoms with van der Waals surface area (Å²) in [4.78, 5) is 14.6. The molecule has 23 heavy (non-hydrogen) atoms. The van der Waals surface area contributed by atoms with E-state index in [0.29, 0.717) is 6.79 Å². The Morgan fingerprint density at radius 2 is 2.04 bits per heavy atom. The van der Waals surface area contributed by atoms with Crippen molar-refractivity contribution in [3.05, 3.63) is 23.8 Å². The topological polar surface area (TPSA) is 50.8 Å².